The van der Waals surface area contributed by atoms with Gasteiger partial charge in [-0.1, -0.05) is 0 Å². The number of ketones is 2. The lowest BCUT2D eigenvalue weighted by molar-refractivity contribution is -0.116. The summed E-state index contributed by atoms with van der Waals surface area (Å²) < 4.78 is 27.1. The number of benzene rings is 1. The van der Waals surface area contributed by atoms with E-state index in [1.165, 1.54) is 11.0 Å². The van der Waals surface area contributed by atoms with Crippen molar-refractivity contribution in [1.29, 1.82) is 0 Å². The number of carbonyl (C=O) groups excluding carboxylic acids is 2. The molecule has 0 spiro atoms. The first-order chi connectivity index (χ1) is 11.6. The lowest BCUT2D eigenvalue weighted by Crippen LogP contribution is -2.43. The predicted molar refractivity (Wildman–Crippen MR) is 83.7 cm³/mol. The van der Waals surface area contributed by atoms with Gasteiger partial charge in [-0.3, -0.25) is 9.59 Å². The number of allylic oxidation sites excluding steroid dienone is 4. The Hall–Kier alpha value is -2.50. The van der Waals surface area contributed by atoms with Crippen molar-refractivity contribution in [1.82, 2.24) is 5.32 Å². The summed E-state index contributed by atoms with van der Waals surface area (Å²) in [5.74, 6) is -2.12. The van der Waals surface area contributed by atoms with Gasteiger partial charge in [-0.15, -0.1) is 0 Å². The standard InChI is InChI=1S/C18H16F2N2O2/c19-11-8-7-10(9-12(11)20)22-17-13(3-1-5-15(17)23)21-14-4-2-6-16(24)18(14)22/h7-9,21H,1-6H2. The topological polar surface area (TPSA) is 49.4 Å². The summed E-state index contributed by atoms with van der Waals surface area (Å²) in [4.78, 5) is 26.5. The number of hydrogen-bond donors (Lipinski definition) is 1. The molecule has 6 heteroatoms. The number of anilines is 1. The fourth-order valence-electron chi connectivity index (χ4n) is 3.60. The SMILES string of the molecule is O=C1CCCC2=C1N(c1ccc(F)c(F)c1)C1=C(CCCC1=O)N2. The molecule has 0 bridgehead atoms. The van der Waals surface area contributed by atoms with Gasteiger partial charge in [0.25, 0.3) is 0 Å². The quantitative estimate of drug-likeness (QED) is 0.858. The van der Waals surface area contributed by atoms with Crippen LogP contribution in [-0.4, -0.2) is 11.6 Å². The molecule has 1 aromatic carbocycles. The van der Waals surface area contributed by atoms with Crippen LogP contribution < -0.4 is 10.2 Å². The van der Waals surface area contributed by atoms with Gasteiger partial charge in [-0.2, -0.15) is 0 Å². The first-order valence-corrected chi connectivity index (χ1v) is 8.11. The van der Waals surface area contributed by atoms with E-state index >= 15 is 0 Å². The lowest BCUT2D eigenvalue weighted by Gasteiger charge is -2.40. The summed E-state index contributed by atoms with van der Waals surface area (Å²) in [6, 6.07) is 3.47. The molecule has 0 atom stereocenters. The Balaban J connectivity index is 1.92. The molecule has 4 nitrogen and oxygen atoms in total. The van der Waals surface area contributed by atoms with Crippen LogP contribution in [0.4, 0.5) is 14.5 Å². The molecular formula is C18H16F2N2O2. The fourth-order valence-corrected chi connectivity index (χ4v) is 3.60. The van der Waals surface area contributed by atoms with Crippen LogP contribution >= 0.6 is 0 Å². The van der Waals surface area contributed by atoms with E-state index in [-0.39, 0.29) is 11.6 Å². The largest absolute Gasteiger partial charge is 0.359 e. The van der Waals surface area contributed by atoms with Gasteiger partial charge in [0.15, 0.2) is 23.2 Å². The Kier molecular flexibility index (Phi) is 3.48. The van der Waals surface area contributed by atoms with Crippen molar-refractivity contribution >= 4 is 17.3 Å². The van der Waals surface area contributed by atoms with E-state index in [0.29, 0.717) is 42.8 Å². The highest BCUT2D eigenvalue weighted by atomic mass is 19.2. The number of carbonyl (C=O) groups is 2. The summed E-state index contributed by atoms with van der Waals surface area (Å²) in [5.41, 5.74) is 2.62. The molecule has 0 aromatic heterocycles. The molecule has 124 valence electrons. The normalized spacial score (nSPS) is 20.8. The molecule has 4 rings (SSSR count). The van der Waals surface area contributed by atoms with Gasteiger partial charge in [0.1, 0.15) is 11.4 Å². The second-order valence-corrected chi connectivity index (χ2v) is 6.27. The Morgan fingerprint density at radius 3 is 1.96 bits per heavy atom. The van der Waals surface area contributed by atoms with Crippen LogP contribution in [0.2, 0.25) is 0 Å². The number of halogens is 2. The maximum absolute atomic E-state index is 13.8. The highest BCUT2D eigenvalue weighted by molar-refractivity contribution is 6.09. The van der Waals surface area contributed by atoms with E-state index in [2.05, 4.69) is 5.32 Å². The first-order valence-electron chi connectivity index (χ1n) is 8.11. The maximum atomic E-state index is 13.8. The fraction of sp³-hybridized carbons (Fsp3) is 0.333. The third kappa shape index (κ3) is 2.25. The molecule has 0 radical (unpaired) electrons. The van der Waals surface area contributed by atoms with Gasteiger partial charge in [-0.05, 0) is 37.8 Å². The van der Waals surface area contributed by atoms with E-state index < -0.39 is 11.6 Å². The van der Waals surface area contributed by atoms with Crippen LogP contribution in [0.5, 0.6) is 0 Å². The molecule has 0 saturated heterocycles. The van der Waals surface area contributed by atoms with Crippen molar-refractivity contribution in [3.63, 3.8) is 0 Å². The monoisotopic (exact) mass is 330 g/mol. The predicted octanol–water partition coefficient (Wildman–Crippen LogP) is 3.30. The zero-order valence-electron chi connectivity index (χ0n) is 13.0. The number of nitrogens with zero attached hydrogens (tertiary/aromatic N) is 1. The molecule has 1 N–H and O–H groups in total. The third-order valence-electron chi connectivity index (χ3n) is 4.67. The molecule has 1 aromatic rings. The molecule has 1 heterocycles. The molecule has 0 fully saturated rings. The van der Waals surface area contributed by atoms with Crippen LogP contribution in [0.15, 0.2) is 41.0 Å². The molecule has 0 saturated carbocycles. The van der Waals surface area contributed by atoms with Crippen LogP contribution in [0.25, 0.3) is 0 Å². The summed E-state index contributed by atoms with van der Waals surface area (Å²) >= 11 is 0. The van der Waals surface area contributed by atoms with E-state index in [4.69, 9.17) is 0 Å². The molecule has 3 aliphatic rings. The maximum Gasteiger partial charge on any atom is 0.181 e. The van der Waals surface area contributed by atoms with E-state index in [0.717, 1.165) is 36.4 Å². The Morgan fingerprint density at radius 2 is 1.42 bits per heavy atom. The Bertz CT molecular complexity index is 784. The molecule has 2 aliphatic carbocycles. The molecular weight excluding hydrogens is 314 g/mol. The summed E-state index contributed by atoms with van der Waals surface area (Å²) in [6.07, 6.45) is 3.66. The van der Waals surface area contributed by atoms with Crippen molar-refractivity contribution in [2.45, 2.75) is 38.5 Å². The van der Waals surface area contributed by atoms with Gasteiger partial charge in [0.2, 0.25) is 0 Å². The van der Waals surface area contributed by atoms with Crippen molar-refractivity contribution in [2.75, 3.05) is 4.90 Å². The molecule has 1 aliphatic heterocycles. The lowest BCUT2D eigenvalue weighted by atomic mass is 9.90. The third-order valence-corrected chi connectivity index (χ3v) is 4.67. The Labute approximate surface area is 137 Å². The smallest absolute Gasteiger partial charge is 0.181 e. The van der Waals surface area contributed by atoms with Crippen LogP contribution in [0.3, 0.4) is 0 Å². The highest BCUT2D eigenvalue weighted by Gasteiger charge is 2.38. The van der Waals surface area contributed by atoms with Gasteiger partial charge >= 0.3 is 0 Å². The van der Waals surface area contributed by atoms with Crippen molar-refractivity contribution in [3.05, 3.63) is 52.6 Å². The minimum atomic E-state index is -0.998. The number of hydrogen-bond acceptors (Lipinski definition) is 4. The van der Waals surface area contributed by atoms with E-state index in [1.807, 2.05) is 0 Å². The van der Waals surface area contributed by atoms with Crippen LogP contribution in [0, 0.1) is 11.6 Å². The average Bonchev–Trinajstić information content (AvgIpc) is 2.56. The molecule has 0 amide bonds. The van der Waals surface area contributed by atoms with Crippen molar-refractivity contribution in [3.8, 4) is 0 Å². The number of nitrogens with one attached hydrogen (secondary N) is 1. The summed E-state index contributed by atoms with van der Waals surface area (Å²) in [7, 11) is 0. The zero-order chi connectivity index (χ0) is 16.8. The molecule has 0 unspecified atom stereocenters. The second-order valence-electron chi connectivity index (χ2n) is 6.27. The highest BCUT2D eigenvalue weighted by Crippen LogP contribution is 2.39. The molecule has 24 heavy (non-hydrogen) atoms. The van der Waals surface area contributed by atoms with Crippen molar-refractivity contribution in [2.24, 2.45) is 0 Å². The van der Waals surface area contributed by atoms with Crippen molar-refractivity contribution < 1.29 is 18.4 Å². The minimum absolute atomic E-state index is 0.0848. The van der Waals surface area contributed by atoms with E-state index in [9.17, 15) is 18.4 Å². The average molecular weight is 330 g/mol. The number of Topliss-reactive ketones (excluding diaryl/α,β-unsaturated/α-hetero) is 2. The zero-order valence-corrected chi connectivity index (χ0v) is 13.0. The van der Waals surface area contributed by atoms with Gasteiger partial charge in [-0.25, -0.2) is 8.78 Å². The number of rotatable bonds is 1. The summed E-state index contributed by atoms with van der Waals surface area (Å²) in [6.45, 7) is 0. The van der Waals surface area contributed by atoms with Crippen LogP contribution in [0.1, 0.15) is 38.5 Å². The van der Waals surface area contributed by atoms with Gasteiger partial charge < -0.3 is 10.2 Å². The Morgan fingerprint density at radius 1 is 0.833 bits per heavy atom. The first kappa shape index (κ1) is 15.1. The van der Waals surface area contributed by atoms with Gasteiger partial charge in [0, 0.05) is 36.0 Å². The van der Waals surface area contributed by atoms with Gasteiger partial charge in [0.05, 0.1) is 0 Å². The van der Waals surface area contributed by atoms with E-state index in [1.54, 1.807) is 0 Å². The minimum Gasteiger partial charge on any atom is -0.359 e. The second kappa shape index (κ2) is 5.54. The summed E-state index contributed by atoms with van der Waals surface area (Å²) in [5, 5.41) is 3.25. The van der Waals surface area contributed by atoms with Crippen LogP contribution in [-0.2, 0) is 9.59 Å².